The summed E-state index contributed by atoms with van der Waals surface area (Å²) in [4.78, 5) is 2.24. The zero-order valence-corrected chi connectivity index (χ0v) is 6.79. The maximum absolute atomic E-state index is 8.97. The van der Waals surface area contributed by atoms with Crippen LogP contribution in [-0.2, 0) is 0 Å². The van der Waals surface area contributed by atoms with E-state index in [1.165, 1.54) is 0 Å². The van der Waals surface area contributed by atoms with E-state index in [9.17, 15) is 0 Å². The number of aliphatic hydroxyl groups is 1. The molecule has 2 N–H and O–H groups in total. The SMILES string of the molecule is C=CCN1CCNCC1CO. The Kier molecular flexibility index (Phi) is 3.56. The first kappa shape index (κ1) is 8.71. The molecule has 3 heteroatoms. The van der Waals surface area contributed by atoms with E-state index < -0.39 is 0 Å². The molecule has 0 amide bonds. The third-order valence-corrected chi connectivity index (χ3v) is 2.05. The van der Waals surface area contributed by atoms with Crippen LogP contribution in [-0.4, -0.2) is 48.8 Å². The second kappa shape index (κ2) is 4.49. The van der Waals surface area contributed by atoms with Crippen molar-refractivity contribution in [2.45, 2.75) is 6.04 Å². The fraction of sp³-hybridized carbons (Fsp3) is 0.750. The molecular formula is C8H16N2O. The highest BCUT2D eigenvalue weighted by atomic mass is 16.3. The molecule has 1 saturated heterocycles. The lowest BCUT2D eigenvalue weighted by molar-refractivity contribution is 0.111. The van der Waals surface area contributed by atoms with Crippen molar-refractivity contribution in [1.29, 1.82) is 0 Å². The number of rotatable bonds is 3. The van der Waals surface area contributed by atoms with Crippen molar-refractivity contribution in [2.24, 2.45) is 0 Å². The molecule has 1 aliphatic heterocycles. The molecule has 0 bridgehead atoms. The number of aliphatic hydroxyl groups excluding tert-OH is 1. The molecule has 0 aromatic heterocycles. The lowest BCUT2D eigenvalue weighted by Gasteiger charge is -2.34. The van der Waals surface area contributed by atoms with E-state index >= 15 is 0 Å². The van der Waals surface area contributed by atoms with Gasteiger partial charge in [-0.05, 0) is 0 Å². The van der Waals surface area contributed by atoms with Crippen LogP contribution < -0.4 is 5.32 Å². The normalized spacial score (nSPS) is 26.8. The molecule has 1 unspecified atom stereocenters. The van der Waals surface area contributed by atoms with Crippen LogP contribution >= 0.6 is 0 Å². The molecule has 1 rings (SSSR count). The predicted molar refractivity (Wildman–Crippen MR) is 45.5 cm³/mol. The predicted octanol–water partition coefficient (Wildman–Crippen LogP) is -0.562. The first-order valence-corrected chi connectivity index (χ1v) is 4.05. The molecule has 0 saturated carbocycles. The van der Waals surface area contributed by atoms with Gasteiger partial charge in [0.2, 0.25) is 0 Å². The molecule has 0 aromatic rings. The third kappa shape index (κ3) is 2.29. The summed E-state index contributed by atoms with van der Waals surface area (Å²) < 4.78 is 0. The smallest absolute Gasteiger partial charge is 0.0599 e. The molecule has 0 radical (unpaired) electrons. The van der Waals surface area contributed by atoms with Gasteiger partial charge >= 0.3 is 0 Å². The van der Waals surface area contributed by atoms with Gasteiger partial charge in [0.15, 0.2) is 0 Å². The molecule has 64 valence electrons. The Morgan fingerprint density at radius 1 is 1.73 bits per heavy atom. The van der Waals surface area contributed by atoms with E-state index in [4.69, 9.17) is 5.11 Å². The van der Waals surface area contributed by atoms with Crippen molar-refractivity contribution in [3.63, 3.8) is 0 Å². The maximum Gasteiger partial charge on any atom is 0.0599 e. The first-order chi connectivity index (χ1) is 5.38. The number of piperazine rings is 1. The molecule has 1 aliphatic rings. The quantitative estimate of drug-likeness (QED) is 0.538. The fourth-order valence-electron chi connectivity index (χ4n) is 1.39. The minimum atomic E-state index is 0.237. The minimum Gasteiger partial charge on any atom is -0.395 e. The van der Waals surface area contributed by atoms with Crippen molar-refractivity contribution in [3.05, 3.63) is 12.7 Å². The van der Waals surface area contributed by atoms with E-state index in [0.29, 0.717) is 0 Å². The molecule has 1 fully saturated rings. The van der Waals surface area contributed by atoms with Gasteiger partial charge in [0, 0.05) is 32.2 Å². The van der Waals surface area contributed by atoms with E-state index in [1.807, 2.05) is 6.08 Å². The van der Waals surface area contributed by atoms with Crippen molar-refractivity contribution < 1.29 is 5.11 Å². The maximum atomic E-state index is 8.97. The Balaban J connectivity index is 2.37. The van der Waals surface area contributed by atoms with Crippen molar-refractivity contribution in [3.8, 4) is 0 Å². The highest BCUT2D eigenvalue weighted by Crippen LogP contribution is 2.01. The van der Waals surface area contributed by atoms with Gasteiger partial charge in [0.1, 0.15) is 0 Å². The van der Waals surface area contributed by atoms with E-state index in [-0.39, 0.29) is 12.6 Å². The largest absolute Gasteiger partial charge is 0.395 e. The van der Waals surface area contributed by atoms with Gasteiger partial charge in [0.05, 0.1) is 6.61 Å². The first-order valence-electron chi connectivity index (χ1n) is 4.05. The van der Waals surface area contributed by atoms with Crippen LogP contribution in [0.3, 0.4) is 0 Å². The Morgan fingerprint density at radius 3 is 3.18 bits per heavy atom. The lowest BCUT2D eigenvalue weighted by Crippen LogP contribution is -2.52. The zero-order chi connectivity index (χ0) is 8.10. The molecule has 1 atom stereocenters. The van der Waals surface area contributed by atoms with Gasteiger partial charge in [0.25, 0.3) is 0 Å². The van der Waals surface area contributed by atoms with Crippen LogP contribution in [0, 0.1) is 0 Å². The van der Waals surface area contributed by atoms with Gasteiger partial charge in [-0.25, -0.2) is 0 Å². The summed E-state index contributed by atoms with van der Waals surface area (Å²) in [5.41, 5.74) is 0. The van der Waals surface area contributed by atoms with Crippen LogP contribution in [0.1, 0.15) is 0 Å². The van der Waals surface area contributed by atoms with E-state index in [1.54, 1.807) is 0 Å². The van der Waals surface area contributed by atoms with Crippen LogP contribution in [0.25, 0.3) is 0 Å². The minimum absolute atomic E-state index is 0.237. The molecule has 0 aromatic carbocycles. The molecule has 3 nitrogen and oxygen atoms in total. The Bertz CT molecular complexity index is 127. The van der Waals surface area contributed by atoms with Crippen LogP contribution in [0.4, 0.5) is 0 Å². The standard InChI is InChI=1S/C8H16N2O/c1-2-4-10-5-3-9-6-8(10)7-11/h2,8-9,11H,1,3-7H2. The van der Waals surface area contributed by atoms with Gasteiger partial charge in [-0.2, -0.15) is 0 Å². The number of nitrogens with zero attached hydrogens (tertiary/aromatic N) is 1. The zero-order valence-electron chi connectivity index (χ0n) is 6.79. The summed E-state index contributed by atoms with van der Waals surface area (Å²) in [6.07, 6.45) is 1.88. The Morgan fingerprint density at radius 2 is 2.55 bits per heavy atom. The molecule has 0 spiro atoms. The van der Waals surface area contributed by atoms with E-state index in [2.05, 4.69) is 16.8 Å². The summed E-state index contributed by atoms with van der Waals surface area (Å²) in [5.74, 6) is 0. The topological polar surface area (TPSA) is 35.5 Å². The fourth-order valence-corrected chi connectivity index (χ4v) is 1.39. The monoisotopic (exact) mass is 156 g/mol. The molecule has 11 heavy (non-hydrogen) atoms. The number of hydrogen-bond donors (Lipinski definition) is 2. The molecule has 0 aliphatic carbocycles. The summed E-state index contributed by atoms with van der Waals surface area (Å²) in [7, 11) is 0. The summed E-state index contributed by atoms with van der Waals surface area (Å²) in [6.45, 7) is 7.72. The summed E-state index contributed by atoms with van der Waals surface area (Å²) >= 11 is 0. The van der Waals surface area contributed by atoms with Gasteiger partial charge < -0.3 is 10.4 Å². The average molecular weight is 156 g/mol. The molecule has 1 heterocycles. The van der Waals surface area contributed by atoms with Crippen LogP contribution in [0.15, 0.2) is 12.7 Å². The highest BCUT2D eigenvalue weighted by Gasteiger charge is 2.19. The van der Waals surface area contributed by atoms with E-state index in [0.717, 1.165) is 26.2 Å². The van der Waals surface area contributed by atoms with Gasteiger partial charge in [-0.1, -0.05) is 6.08 Å². The number of hydrogen-bond acceptors (Lipinski definition) is 3. The Labute approximate surface area is 67.7 Å². The highest BCUT2D eigenvalue weighted by molar-refractivity contribution is 4.83. The average Bonchev–Trinajstić information content (AvgIpc) is 2.06. The number of nitrogens with one attached hydrogen (secondary N) is 1. The Hall–Kier alpha value is -0.380. The van der Waals surface area contributed by atoms with Gasteiger partial charge in [-0.3, -0.25) is 4.90 Å². The second-order valence-electron chi connectivity index (χ2n) is 2.82. The summed E-state index contributed by atoms with van der Waals surface area (Å²) in [6, 6.07) is 0.279. The summed E-state index contributed by atoms with van der Waals surface area (Å²) in [5, 5.41) is 12.2. The van der Waals surface area contributed by atoms with Gasteiger partial charge in [-0.15, -0.1) is 6.58 Å². The van der Waals surface area contributed by atoms with Crippen LogP contribution in [0.5, 0.6) is 0 Å². The van der Waals surface area contributed by atoms with Crippen LogP contribution in [0.2, 0.25) is 0 Å². The molecular weight excluding hydrogens is 140 g/mol. The van der Waals surface area contributed by atoms with Crippen molar-refractivity contribution in [2.75, 3.05) is 32.8 Å². The second-order valence-corrected chi connectivity index (χ2v) is 2.82. The van der Waals surface area contributed by atoms with Crippen molar-refractivity contribution in [1.82, 2.24) is 10.2 Å². The third-order valence-electron chi connectivity index (χ3n) is 2.05. The van der Waals surface area contributed by atoms with Crippen molar-refractivity contribution >= 4 is 0 Å². The lowest BCUT2D eigenvalue weighted by atomic mass is 10.2.